The van der Waals surface area contributed by atoms with Gasteiger partial charge in [0.1, 0.15) is 5.82 Å². The minimum atomic E-state index is 0.0690. The Kier molecular flexibility index (Phi) is 12.2. The third-order valence-electron chi connectivity index (χ3n) is 6.65. The highest BCUT2D eigenvalue weighted by Crippen LogP contribution is 2.19. The number of carbonyl (C=O) groups excluding carboxylic acids is 1. The monoisotopic (exact) mass is 495 g/mol. The first-order chi connectivity index (χ1) is 17.2. The second-order valence-electron chi connectivity index (χ2n) is 9.61. The van der Waals surface area contributed by atoms with Gasteiger partial charge >= 0.3 is 0 Å². The van der Waals surface area contributed by atoms with Crippen LogP contribution >= 0.6 is 11.6 Å². The SMILES string of the molecule is CCCCCCCCCCn1c(CCCCCNC(=O)Cc2ccc(Cl)cc2)nc2ccccc21. The topological polar surface area (TPSA) is 46.9 Å². The normalized spacial score (nSPS) is 11.3. The third-order valence-corrected chi connectivity index (χ3v) is 6.90. The number of nitrogens with zero attached hydrogens (tertiary/aromatic N) is 2. The van der Waals surface area contributed by atoms with Crippen LogP contribution in [0.4, 0.5) is 0 Å². The van der Waals surface area contributed by atoms with E-state index in [1.165, 1.54) is 62.7 Å². The van der Waals surface area contributed by atoms with Crippen molar-refractivity contribution in [3.05, 3.63) is 64.9 Å². The van der Waals surface area contributed by atoms with E-state index in [4.69, 9.17) is 16.6 Å². The zero-order valence-corrected chi connectivity index (χ0v) is 22.2. The summed E-state index contributed by atoms with van der Waals surface area (Å²) in [6.45, 7) is 4.06. The van der Waals surface area contributed by atoms with Crippen molar-refractivity contribution in [2.45, 2.75) is 96.9 Å². The molecule has 0 aliphatic carbocycles. The van der Waals surface area contributed by atoms with Crippen LogP contribution in [0.2, 0.25) is 5.02 Å². The van der Waals surface area contributed by atoms with Crippen LogP contribution in [0.1, 0.15) is 88.9 Å². The Morgan fingerprint density at radius 2 is 1.54 bits per heavy atom. The van der Waals surface area contributed by atoms with E-state index in [0.717, 1.165) is 49.9 Å². The number of fused-ring (bicyclic) bond motifs is 1. The van der Waals surface area contributed by atoms with Gasteiger partial charge in [-0.1, -0.05) is 94.2 Å². The highest BCUT2D eigenvalue weighted by molar-refractivity contribution is 6.30. The number of amides is 1. The van der Waals surface area contributed by atoms with E-state index in [1.807, 2.05) is 24.3 Å². The Labute approximate surface area is 216 Å². The number of aromatic nitrogens is 2. The molecule has 35 heavy (non-hydrogen) atoms. The molecule has 1 N–H and O–H groups in total. The van der Waals surface area contributed by atoms with Gasteiger partial charge in [0.15, 0.2) is 0 Å². The lowest BCUT2D eigenvalue weighted by Gasteiger charge is -2.10. The van der Waals surface area contributed by atoms with Gasteiger partial charge < -0.3 is 9.88 Å². The summed E-state index contributed by atoms with van der Waals surface area (Å²) < 4.78 is 2.44. The Balaban J connectivity index is 1.36. The van der Waals surface area contributed by atoms with Crippen LogP contribution in [0.3, 0.4) is 0 Å². The van der Waals surface area contributed by atoms with Crippen molar-refractivity contribution in [2.24, 2.45) is 0 Å². The molecule has 0 saturated heterocycles. The molecule has 0 unspecified atom stereocenters. The summed E-state index contributed by atoms with van der Waals surface area (Å²) in [5.74, 6) is 1.28. The molecule has 0 radical (unpaired) electrons. The zero-order chi connectivity index (χ0) is 24.7. The van der Waals surface area contributed by atoms with Crippen molar-refractivity contribution in [3.8, 4) is 0 Å². The largest absolute Gasteiger partial charge is 0.356 e. The molecule has 0 bridgehead atoms. The molecule has 0 aliphatic rings. The van der Waals surface area contributed by atoms with Gasteiger partial charge in [-0.25, -0.2) is 4.98 Å². The summed E-state index contributed by atoms with van der Waals surface area (Å²) in [5, 5.41) is 3.74. The third kappa shape index (κ3) is 9.68. The first-order valence-corrected chi connectivity index (χ1v) is 14.0. The molecule has 0 spiro atoms. The van der Waals surface area contributed by atoms with E-state index in [0.29, 0.717) is 11.4 Å². The number of para-hydroxylation sites is 2. The first kappa shape index (κ1) is 27.3. The first-order valence-electron chi connectivity index (χ1n) is 13.6. The fraction of sp³-hybridized carbons (Fsp3) is 0.533. The maximum atomic E-state index is 12.2. The number of aryl methyl sites for hydroxylation is 2. The van der Waals surface area contributed by atoms with Crippen LogP contribution in [0.5, 0.6) is 0 Å². The van der Waals surface area contributed by atoms with Crippen molar-refractivity contribution in [1.82, 2.24) is 14.9 Å². The number of rotatable bonds is 17. The van der Waals surface area contributed by atoms with Crippen molar-refractivity contribution >= 4 is 28.5 Å². The van der Waals surface area contributed by atoms with E-state index in [1.54, 1.807) is 0 Å². The van der Waals surface area contributed by atoms with Crippen molar-refractivity contribution in [1.29, 1.82) is 0 Å². The number of hydrogen-bond donors (Lipinski definition) is 1. The Morgan fingerprint density at radius 1 is 0.857 bits per heavy atom. The van der Waals surface area contributed by atoms with Crippen LogP contribution in [-0.2, 0) is 24.2 Å². The summed E-state index contributed by atoms with van der Waals surface area (Å²) in [5.41, 5.74) is 3.36. The maximum Gasteiger partial charge on any atom is 0.224 e. The van der Waals surface area contributed by atoms with Gasteiger partial charge in [-0.05, 0) is 49.1 Å². The lowest BCUT2D eigenvalue weighted by atomic mass is 10.1. The number of benzene rings is 2. The molecule has 5 heteroatoms. The molecule has 2 aromatic carbocycles. The van der Waals surface area contributed by atoms with E-state index < -0.39 is 0 Å². The molecule has 0 fully saturated rings. The summed E-state index contributed by atoms with van der Waals surface area (Å²) in [6, 6.07) is 16.0. The molecule has 3 rings (SSSR count). The quantitative estimate of drug-likeness (QED) is 0.193. The van der Waals surface area contributed by atoms with Gasteiger partial charge in [0.05, 0.1) is 17.5 Å². The van der Waals surface area contributed by atoms with Crippen LogP contribution in [0.15, 0.2) is 48.5 Å². The summed E-state index contributed by atoms with van der Waals surface area (Å²) >= 11 is 5.91. The van der Waals surface area contributed by atoms with Crippen molar-refractivity contribution in [2.75, 3.05) is 6.54 Å². The van der Waals surface area contributed by atoms with Gasteiger partial charge in [-0.2, -0.15) is 0 Å². The van der Waals surface area contributed by atoms with Gasteiger partial charge in [0.25, 0.3) is 0 Å². The Hall–Kier alpha value is -2.33. The van der Waals surface area contributed by atoms with E-state index in [9.17, 15) is 4.79 Å². The molecule has 0 saturated carbocycles. The van der Waals surface area contributed by atoms with Crippen molar-refractivity contribution < 1.29 is 4.79 Å². The number of nitrogens with one attached hydrogen (secondary N) is 1. The van der Waals surface area contributed by atoms with Crippen molar-refractivity contribution in [3.63, 3.8) is 0 Å². The molecule has 4 nitrogen and oxygen atoms in total. The van der Waals surface area contributed by atoms with Gasteiger partial charge in [0, 0.05) is 24.5 Å². The molecule has 1 aromatic heterocycles. The number of hydrogen-bond acceptors (Lipinski definition) is 2. The Bertz CT molecular complexity index is 1010. The van der Waals surface area contributed by atoms with Crippen LogP contribution < -0.4 is 5.32 Å². The molecule has 3 aromatic rings. The minimum Gasteiger partial charge on any atom is -0.356 e. The molecular weight excluding hydrogens is 454 g/mol. The molecular formula is C30H42ClN3O. The molecule has 0 aliphatic heterocycles. The highest BCUT2D eigenvalue weighted by atomic mass is 35.5. The predicted octanol–water partition coefficient (Wildman–Crippen LogP) is 7.90. The van der Waals surface area contributed by atoms with E-state index in [2.05, 4.69) is 41.1 Å². The highest BCUT2D eigenvalue weighted by Gasteiger charge is 2.10. The number of carbonyl (C=O) groups is 1. The lowest BCUT2D eigenvalue weighted by molar-refractivity contribution is -0.120. The van der Waals surface area contributed by atoms with E-state index >= 15 is 0 Å². The Morgan fingerprint density at radius 3 is 2.31 bits per heavy atom. The average Bonchev–Trinajstić information content (AvgIpc) is 3.21. The molecule has 1 heterocycles. The summed E-state index contributed by atoms with van der Waals surface area (Å²) in [6.07, 6.45) is 15.3. The summed E-state index contributed by atoms with van der Waals surface area (Å²) in [7, 11) is 0. The maximum absolute atomic E-state index is 12.2. The zero-order valence-electron chi connectivity index (χ0n) is 21.4. The number of unbranched alkanes of at least 4 members (excludes halogenated alkanes) is 9. The molecule has 190 valence electrons. The fourth-order valence-electron chi connectivity index (χ4n) is 4.63. The lowest BCUT2D eigenvalue weighted by Crippen LogP contribution is -2.26. The number of halogens is 1. The van der Waals surface area contributed by atoms with Gasteiger partial charge in [0.2, 0.25) is 5.91 Å². The second-order valence-corrected chi connectivity index (χ2v) is 10.0. The standard InChI is InChI=1S/C30H42ClN3O/c1-2-3-4-5-6-7-8-14-23-34-28-16-12-11-15-27(28)33-29(34)17-10-9-13-22-32-30(35)24-25-18-20-26(31)21-19-25/h11-12,15-16,18-21H,2-10,13-14,17,22-24H2,1H3,(H,32,35). The smallest absolute Gasteiger partial charge is 0.224 e. The second kappa shape index (κ2) is 15.6. The summed E-state index contributed by atoms with van der Waals surface area (Å²) in [4.78, 5) is 17.1. The molecule has 1 amide bonds. The number of imidazole rings is 1. The van der Waals surface area contributed by atoms with Crippen LogP contribution in [0, 0.1) is 0 Å². The fourth-order valence-corrected chi connectivity index (χ4v) is 4.76. The minimum absolute atomic E-state index is 0.0690. The average molecular weight is 496 g/mol. The molecule has 0 atom stereocenters. The van der Waals surface area contributed by atoms with Gasteiger partial charge in [-0.3, -0.25) is 4.79 Å². The van der Waals surface area contributed by atoms with Crippen LogP contribution in [-0.4, -0.2) is 22.0 Å². The van der Waals surface area contributed by atoms with Gasteiger partial charge in [-0.15, -0.1) is 0 Å². The van der Waals surface area contributed by atoms with E-state index in [-0.39, 0.29) is 5.91 Å². The predicted molar refractivity (Wildman–Crippen MR) is 148 cm³/mol. The van der Waals surface area contributed by atoms with Crippen LogP contribution in [0.25, 0.3) is 11.0 Å².